The highest BCUT2D eigenvalue weighted by molar-refractivity contribution is 5.46. The van der Waals surface area contributed by atoms with Crippen molar-refractivity contribution in [2.24, 2.45) is 0 Å². The Kier molecular flexibility index (Phi) is 7.34. The van der Waals surface area contributed by atoms with Gasteiger partial charge in [0.25, 0.3) is 0 Å². The zero-order chi connectivity index (χ0) is 14.1. The van der Waals surface area contributed by atoms with Crippen LogP contribution in [0.15, 0.2) is 18.2 Å². The van der Waals surface area contributed by atoms with Crippen LogP contribution in [0.3, 0.4) is 0 Å². The molecule has 0 radical (unpaired) electrons. The summed E-state index contributed by atoms with van der Waals surface area (Å²) in [6, 6.07) is 6.06. The molecule has 0 saturated heterocycles. The summed E-state index contributed by atoms with van der Waals surface area (Å²) < 4.78 is 11.4. The van der Waals surface area contributed by atoms with E-state index in [0.717, 1.165) is 36.6 Å². The third-order valence-electron chi connectivity index (χ3n) is 3.20. The Labute approximate surface area is 117 Å². The first-order chi connectivity index (χ1) is 9.22. The second-order valence-corrected chi connectivity index (χ2v) is 4.82. The maximum atomic E-state index is 6.01. The predicted octanol–water partition coefficient (Wildman–Crippen LogP) is 3.76. The summed E-state index contributed by atoms with van der Waals surface area (Å²) in [4.78, 5) is 0. The molecule has 1 rings (SSSR count). The Hall–Kier alpha value is -1.22. The molecule has 0 heterocycles. The van der Waals surface area contributed by atoms with E-state index in [0.29, 0.717) is 0 Å². The standard InChI is InChI=1S/C16H27NO2/c1-5-7-11-17-12-14-9-8-10-15(18-4)16(14)19-13(3)6-2/h8-10,13,17H,5-7,11-12H2,1-4H3. The average Bonchev–Trinajstić information content (AvgIpc) is 2.44. The number of rotatable bonds is 9. The van der Waals surface area contributed by atoms with Crippen LogP contribution < -0.4 is 14.8 Å². The monoisotopic (exact) mass is 265 g/mol. The summed E-state index contributed by atoms with van der Waals surface area (Å²) in [7, 11) is 1.69. The fraction of sp³-hybridized carbons (Fsp3) is 0.625. The van der Waals surface area contributed by atoms with Crippen molar-refractivity contribution in [3.05, 3.63) is 23.8 Å². The van der Waals surface area contributed by atoms with Gasteiger partial charge < -0.3 is 14.8 Å². The van der Waals surface area contributed by atoms with Crippen molar-refractivity contribution in [3.8, 4) is 11.5 Å². The number of benzene rings is 1. The second kappa shape index (κ2) is 8.81. The lowest BCUT2D eigenvalue weighted by molar-refractivity contribution is 0.205. The molecule has 0 aliphatic rings. The number of para-hydroxylation sites is 1. The van der Waals surface area contributed by atoms with Gasteiger partial charge in [-0.15, -0.1) is 0 Å². The van der Waals surface area contributed by atoms with Crippen LogP contribution in [0, 0.1) is 0 Å². The molecule has 19 heavy (non-hydrogen) atoms. The number of methoxy groups -OCH3 is 1. The smallest absolute Gasteiger partial charge is 0.166 e. The highest BCUT2D eigenvalue weighted by atomic mass is 16.5. The Morgan fingerprint density at radius 1 is 1.26 bits per heavy atom. The summed E-state index contributed by atoms with van der Waals surface area (Å²) in [6.45, 7) is 8.27. The van der Waals surface area contributed by atoms with Crippen molar-refractivity contribution in [1.82, 2.24) is 5.32 Å². The number of ether oxygens (including phenoxy) is 2. The lowest BCUT2D eigenvalue weighted by atomic mass is 10.1. The molecule has 0 aromatic heterocycles. The van der Waals surface area contributed by atoms with Crippen molar-refractivity contribution < 1.29 is 9.47 Å². The molecule has 0 aliphatic heterocycles. The summed E-state index contributed by atoms with van der Waals surface area (Å²) >= 11 is 0. The van der Waals surface area contributed by atoms with E-state index in [1.807, 2.05) is 12.1 Å². The third kappa shape index (κ3) is 5.11. The van der Waals surface area contributed by atoms with Crippen molar-refractivity contribution in [2.45, 2.75) is 52.7 Å². The van der Waals surface area contributed by atoms with Gasteiger partial charge in [-0.2, -0.15) is 0 Å². The molecule has 1 aromatic carbocycles. The van der Waals surface area contributed by atoms with Gasteiger partial charge in [0.1, 0.15) is 0 Å². The minimum Gasteiger partial charge on any atom is -0.493 e. The van der Waals surface area contributed by atoms with Gasteiger partial charge in [-0.25, -0.2) is 0 Å². The van der Waals surface area contributed by atoms with Gasteiger partial charge in [-0.3, -0.25) is 0 Å². The van der Waals surface area contributed by atoms with Gasteiger partial charge in [-0.1, -0.05) is 32.4 Å². The molecular formula is C16H27NO2. The Bertz CT molecular complexity index is 366. The molecule has 3 nitrogen and oxygen atoms in total. The van der Waals surface area contributed by atoms with E-state index in [4.69, 9.17) is 9.47 Å². The van der Waals surface area contributed by atoms with Crippen molar-refractivity contribution in [2.75, 3.05) is 13.7 Å². The zero-order valence-electron chi connectivity index (χ0n) is 12.7. The molecule has 3 heteroatoms. The van der Waals surface area contributed by atoms with Gasteiger partial charge in [0.15, 0.2) is 11.5 Å². The number of unbranched alkanes of at least 4 members (excludes halogenated alkanes) is 1. The summed E-state index contributed by atoms with van der Waals surface area (Å²) in [5.74, 6) is 1.69. The maximum absolute atomic E-state index is 6.01. The fourth-order valence-corrected chi connectivity index (χ4v) is 1.80. The quantitative estimate of drug-likeness (QED) is 0.690. The fourth-order valence-electron chi connectivity index (χ4n) is 1.80. The predicted molar refractivity (Wildman–Crippen MR) is 80.0 cm³/mol. The molecule has 0 saturated carbocycles. The van der Waals surface area contributed by atoms with E-state index in [2.05, 4.69) is 32.2 Å². The van der Waals surface area contributed by atoms with Gasteiger partial charge in [0.2, 0.25) is 0 Å². The molecule has 1 unspecified atom stereocenters. The van der Waals surface area contributed by atoms with Gasteiger partial charge in [0.05, 0.1) is 13.2 Å². The van der Waals surface area contributed by atoms with E-state index in [1.54, 1.807) is 7.11 Å². The first-order valence-corrected chi connectivity index (χ1v) is 7.26. The van der Waals surface area contributed by atoms with E-state index < -0.39 is 0 Å². The molecule has 108 valence electrons. The molecule has 0 spiro atoms. The molecule has 1 aromatic rings. The molecule has 1 atom stereocenters. The lowest BCUT2D eigenvalue weighted by Gasteiger charge is -2.19. The summed E-state index contributed by atoms with van der Waals surface area (Å²) in [5.41, 5.74) is 1.16. The van der Waals surface area contributed by atoms with Crippen LogP contribution in [0.4, 0.5) is 0 Å². The molecule has 0 amide bonds. The topological polar surface area (TPSA) is 30.5 Å². The van der Waals surface area contributed by atoms with Gasteiger partial charge >= 0.3 is 0 Å². The first kappa shape index (κ1) is 15.8. The Morgan fingerprint density at radius 3 is 2.68 bits per heavy atom. The molecule has 0 fully saturated rings. The Balaban J connectivity index is 2.77. The van der Waals surface area contributed by atoms with Crippen LogP contribution in [-0.2, 0) is 6.54 Å². The van der Waals surface area contributed by atoms with E-state index >= 15 is 0 Å². The summed E-state index contributed by atoms with van der Waals surface area (Å²) in [6.07, 6.45) is 3.60. The molecular weight excluding hydrogens is 238 g/mol. The van der Waals surface area contributed by atoms with Crippen molar-refractivity contribution in [1.29, 1.82) is 0 Å². The SMILES string of the molecule is CCCCNCc1cccc(OC)c1OC(C)CC. The lowest BCUT2D eigenvalue weighted by Crippen LogP contribution is -2.17. The highest BCUT2D eigenvalue weighted by Gasteiger charge is 2.12. The van der Waals surface area contributed by atoms with E-state index in [1.165, 1.54) is 12.8 Å². The van der Waals surface area contributed by atoms with Crippen LogP contribution in [0.5, 0.6) is 11.5 Å². The van der Waals surface area contributed by atoms with Gasteiger partial charge in [-0.05, 0) is 32.4 Å². The average molecular weight is 265 g/mol. The van der Waals surface area contributed by atoms with Crippen molar-refractivity contribution >= 4 is 0 Å². The number of hydrogen-bond acceptors (Lipinski definition) is 3. The van der Waals surface area contributed by atoms with Crippen LogP contribution in [0.25, 0.3) is 0 Å². The Morgan fingerprint density at radius 2 is 2.05 bits per heavy atom. The van der Waals surface area contributed by atoms with Crippen molar-refractivity contribution in [3.63, 3.8) is 0 Å². The van der Waals surface area contributed by atoms with Crippen LogP contribution in [-0.4, -0.2) is 19.8 Å². The zero-order valence-corrected chi connectivity index (χ0v) is 12.7. The van der Waals surface area contributed by atoms with Crippen LogP contribution in [0.2, 0.25) is 0 Å². The molecule has 0 aliphatic carbocycles. The normalized spacial score (nSPS) is 12.2. The second-order valence-electron chi connectivity index (χ2n) is 4.82. The summed E-state index contributed by atoms with van der Waals surface area (Å²) in [5, 5.41) is 3.45. The highest BCUT2D eigenvalue weighted by Crippen LogP contribution is 2.32. The van der Waals surface area contributed by atoms with Gasteiger partial charge in [0, 0.05) is 12.1 Å². The minimum atomic E-state index is 0.200. The van der Waals surface area contributed by atoms with E-state index in [9.17, 15) is 0 Å². The first-order valence-electron chi connectivity index (χ1n) is 7.26. The molecule has 0 bridgehead atoms. The number of hydrogen-bond donors (Lipinski definition) is 1. The largest absolute Gasteiger partial charge is 0.493 e. The van der Waals surface area contributed by atoms with E-state index in [-0.39, 0.29) is 6.10 Å². The van der Waals surface area contributed by atoms with Crippen LogP contribution >= 0.6 is 0 Å². The number of nitrogens with one attached hydrogen (secondary N) is 1. The minimum absolute atomic E-state index is 0.200. The molecule has 1 N–H and O–H groups in total. The maximum Gasteiger partial charge on any atom is 0.166 e. The third-order valence-corrected chi connectivity index (χ3v) is 3.20. The van der Waals surface area contributed by atoms with Crippen LogP contribution in [0.1, 0.15) is 45.6 Å².